The van der Waals surface area contributed by atoms with E-state index in [4.69, 9.17) is 4.98 Å². The molecule has 2 atom stereocenters. The van der Waals surface area contributed by atoms with Crippen LogP contribution in [-0.4, -0.2) is 82.4 Å². The summed E-state index contributed by atoms with van der Waals surface area (Å²) in [5.41, 5.74) is 6.51. The number of hydrogen-bond acceptors (Lipinski definition) is 8. The van der Waals surface area contributed by atoms with Crippen LogP contribution < -0.4 is 21.1 Å². The Morgan fingerprint density at radius 2 is 1.98 bits per heavy atom. The fourth-order valence-electron chi connectivity index (χ4n) is 6.75. The van der Waals surface area contributed by atoms with Crippen molar-refractivity contribution in [3.8, 4) is 11.1 Å². The first-order chi connectivity index (χ1) is 19.8. The molecule has 12 heteroatoms. The molecule has 4 N–H and O–H groups in total. The molecule has 0 saturated carbocycles. The average molecular weight is 557 g/mol. The molecule has 1 unspecified atom stereocenters. The lowest BCUT2D eigenvalue weighted by molar-refractivity contribution is 0.0695. The van der Waals surface area contributed by atoms with Crippen LogP contribution in [-0.2, 0) is 0 Å². The highest BCUT2D eigenvalue weighted by atomic mass is 19.1. The molecule has 41 heavy (non-hydrogen) atoms. The molecule has 0 bridgehead atoms. The van der Waals surface area contributed by atoms with E-state index in [1.807, 2.05) is 0 Å². The largest absolute Gasteiger partial charge is 0.477 e. The van der Waals surface area contributed by atoms with Gasteiger partial charge in [0.1, 0.15) is 17.0 Å². The van der Waals surface area contributed by atoms with Crippen molar-refractivity contribution in [1.29, 1.82) is 0 Å². The minimum absolute atomic E-state index is 0.171. The zero-order chi connectivity index (χ0) is 28.6. The molecule has 6 heterocycles. The Labute approximate surface area is 233 Å². The smallest absolute Gasteiger partial charge is 0.341 e. The van der Waals surface area contributed by atoms with Gasteiger partial charge in [-0.05, 0) is 37.6 Å². The van der Waals surface area contributed by atoms with Crippen LogP contribution in [0.5, 0.6) is 0 Å². The molecular formula is C29H29FN8O3. The molecule has 2 saturated heterocycles. The van der Waals surface area contributed by atoms with E-state index in [-0.39, 0.29) is 22.8 Å². The van der Waals surface area contributed by atoms with Crippen molar-refractivity contribution in [3.63, 3.8) is 0 Å². The molecule has 4 aromatic heterocycles. The number of fused-ring (bicyclic) bond motifs is 5. The van der Waals surface area contributed by atoms with Crippen molar-refractivity contribution in [2.24, 2.45) is 5.92 Å². The fraction of sp³-hybridized carbons (Fsp3) is 0.310. The Balaban J connectivity index is 1.55. The second-order valence-corrected chi connectivity index (χ2v) is 10.9. The van der Waals surface area contributed by atoms with E-state index in [1.54, 1.807) is 32.6 Å². The van der Waals surface area contributed by atoms with E-state index < -0.39 is 11.4 Å². The van der Waals surface area contributed by atoms with Crippen LogP contribution in [0, 0.1) is 11.7 Å². The van der Waals surface area contributed by atoms with Crippen molar-refractivity contribution in [1.82, 2.24) is 24.5 Å². The topological polar surface area (TPSA) is 131 Å². The number of hydrogen-bond donors (Lipinski definition) is 4. The molecule has 0 aliphatic carbocycles. The summed E-state index contributed by atoms with van der Waals surface area (Å²) >= 11 is 0. The summed E-state index contributed by atoms with van der Waals surface area (Å²) in [4.78, 5) is 42.6. The third-order valence-corrected chi connectivity index (χ3v) is 8.58. The Hall–Kier alpha value is -4.71. The fourth-order valence-corrected chi connectivity index (χ4v) is 6.75. The van der Waals surface area contributed by atoms with Gasteiger partial charge in [0.15, 0.2) is 5.65 Å². The van der Waals surface area contributed by atoms with Crippen LogP contribution in [0.1, 0.15) is 16.8 Å². The van der Waals surface area contributed by atoms with E-state index in [1.165, 1.54) is 23.0 Å². The number of nitrogens with one attached hydrogen (secondary N) is 3. The van der Waals surface area contributed by atoms with Gasteiger partial charge in [0.2, 0.25) is 5.43 Å². The molecule has 1 aromatic carbocycles. The first-order valence-electron chi connectivity index (χ1n) is 13.5. The molecule has 2 fully saturated rings. The Morgan fingerprint density at radius 1 is 1.15 bits per heavy atom. The number of halogens is 1. The summed E-state index contributed by atoms with van der Waals surface area (Å²) in [6.45, 7) is 2.74. The van der Waals surface area contributed by atoms with Gasteiger partial charge in [-0.25, -0.2) is 23.8 Å². The number of carboxylic acids is 1. The number of likely N-dealkylation sites (tertiary alicyclic amines) is 1. The van der Waals surface area contributed by atoms with Gasteiger partial charge in [0, 0.05) is 74.9 Å². The number of rotatable bonds is 5. The van der Waals surface area contributed by atoms with Gasteiger partial charge in [-0.3, -0.25) is 4.79 Å². The highest BCUT2D eigenvalue weighted by Crippen LogP contribution is 2.46. The lowest BCUT2D eigenvalue weighted by atomic mass is 10.00. The first-order valence-corrected chi connectivity index (χ1v) is 13.5. The second-order valence-electron chi connectivity index (χ2n) is 10.9. The van der Waals surface area contributed by atoms with Crippen LogP contribution in [0.25, 0.3) is 44.1 Å². The van der Waals surface area contributed by atoms with E-state index in [2.05, 4.69) is 37.6 Å². The van der Waals surface area contributed by atoms with Crippen molar-refractivity contribution in [2.45, 2.75) is 12.5 Å². The minimum Gasteiger partial charge on any atom is -0.477 e. The summed E-state index contributed by atoms with van der Waals surface area (Å²) in [7, 11) is 5.50. The maximum absolute atomic E-state index is 14.9. The number of carboxylic acid groups (broad SMARTS) is 1. The van der Waals surface area contributed by atoms with Gasteiger partial charge in [0.25, 0.3) is 0 Å². The van der Waals surface area contributed by atoms with Gasteiger partial charge in [-0.2, -0.15) is 0 Å². The molecule has 7 rings (SSSR count). The predicted molar refractivity (Wildman–Crippen MR) is 157 cm³/mol. The summed E-state index contributed by atoms with van der Waals surface area (Å²) in [6, 6.07) is 4.93. The highest BCUT2D eigenvalue weighted by Gasteiger charge is 2.41. The molecule has 2 aliphatic rings. The van der Waals surface area contributed by atoms with Crippen LogP contribution in [0.15, 0.2) is 41.6 Å². The zero-order valence-electron chi connectivity index (χ0n) is 22.8. The summed E-state index contributed by atoms with van der Waals surface area (Å²) in [6.07, 6.45) is 5.70. The van der Waals surface area contributed by atoms with Crippen molar-refractivity contribution >= 4 is 50.3 Å². The molecular weight excluding hydrogens is 527 g/mol. The quantitative estimate of drug-likeness (QED) is 0.258. The van der Waals surface area contributed by atoms with Gasteiger partial charge >= 0.3 is 5.97 Å². The molecule has 2 aliphatic heterocycles. The zero-order valence-corrected chi connectivity index (χ0v) is 22.8. The lowest BCUT2D eigenvalue weighted by Crippen LogP contribution is -2.35. The number of carbonyl (C=O) groups is 1. The minimum atomic E-state index is -1.32. The number of benzene rings is 1. The van der Waals surface area contributed by atoms with Gasteiger partial charge < -0.3 is 30.6 Å². The Morgan fingerprint density at radius 3 is 2.73 bits per heavy atom. The number of likely N-dealkylation sites (N-methyl/N-ethyl adjacent to an activating group) is 1. The first kappa shape index (κ1) is 25.3. The number of aromatic nitrogens is 4. The maximum atomic E-state index is 14.9. The van der Waals surface area contributed by atoms with Gasteiger partial charge in [0.05, 0.1) is 27.7 Å². The molecule has 11 nitrogen and oxygen atoms in total. The third-order valence-electron chi connectivity index (χ3n) is 8.58. The monoisotopic (exact) mass is 556 g/mol. The molecule has 210 valence electrons. The number of aromatic amines is 1. The standard InChI is InChI=1S/C29H29FN8O3/c1-31-21-8-16(30)7-17-23-25(37-5-4-14-11-36(3)13-22(14)37)19(10-33-27(23)35-24(17)21)15-6-18-26(39)20(29(40)41)12-38(32-2)28(18)34-9-15/h6-10,12,14,22,31-32H,4-5,11,13H2,1-3H3,(H,33,35)(H,40,41)/t14-,22?/m0/s1. The van der Waals surface area contributed by atoms with Crippen molar-refractivity contribution in [3.05, 3.63) is 58.4 Å². The number of pyridine rings is 3. The normalized spacial score (nSPS) is 19.0. The van der Waals surface area contributed by atoms with Gasteiger partial charge in [-0.15, -0.1) is 0 Å². The lowest BCUT2D eigenvalue weighted by Gasteiger charge is -2.29. The van der Waals surface area contributed by atoms with Crippen LogP contribution in [0.2, 0.25) is 0 Å². The average Bonchev–Trinajstić information content (AvgIpc) is 3.64. The molecule has 0 spiro atoms. The number of H-pyrrole nitrogens is 1. The predicted octanol–water partition coefficient (Wildman–Crippen LogP) is 3.29. The summed E-state index contributed by atoms with van der Waals surface area (Å²) in [5, 5.41) is 14.4. The molecule has 0 radical (unpaired) electrons. The van der Waals surface area contributed by atoms with Crippen LogP contribution >= 0.6 is 0 Å². The third kappa shape index (κ3) is 3.74. The second kappa shape index (κ2) is 9.16. The molecule has 0 amide bonds. The SMILES string of the molecule is CNc1cc(F)cc2c1[nH]c1ncc(-c3cnc4c(c3)c(=O)c(C(=O)O)cn4NC)c(N3CC[C@H]4CN(C)CC43)c12. The number of aromatic carboxylic acids is 1. The van der Waals surface area contributed by atoms with Crippen molar-refractivity contribution < 1.29 is 14.3 Å². The van der Waals surface area contributed by atoms with Gasteiger partial charge in [-0.1, -0.05) is 0 Å². The van der Waals surface area contributed by atoms with Crippen LogP contribution in [0.3, 0.4) is 0 Å². The summed E-state index contributed by atoms with van der Waals surface area (Å²) in [5.74, 6) is -1.17. The number of nitrogens with zero attached hydrogens (tertiary/aromatic N) is 5. The van der Waals surface area contributed by atoms with E-state index >= 15 is 0 Å². The van der Waals surface area contributed by atoms with E-state index in [0.29, 0.717) is 33.8 Å². The molecule has 5 aromatic rings. The Kier molecular flexibility index (Phi) is 5.65. The number of anilines is 2. The van der Waals surface area contributed by atoms with Crippen LogP contribution in [0.4, 0.5) is 15.8 Å². The summed E-state index contributed by atoms with van der Waals surface area (Å²) < 4.78 is 16.3. The van der Waals surface area contributed by atoms with E-state index in [9.17, 15) is 19.1 Å². The van der Waals surface area contributed by atoms with Crippen molar-refractivity contribution in [2.75, 3.05) is 56.4 Å². The van der Waals surface area contributed by atoms with E-state index in [0.717, 1.165) is 48.2 Å². The Bertz CT molecular complexity index is 1950. The maximum Gasteiger partial charge on any atom is 0.341 e. The highest BCUT2D eigenvalue weighted by molar-refractivity contribution is 6.18.